The van der Waals surface area contributed by atoms with Gasteiger partial charge in [0.05, 0.1) is 10.9 Å². The van der Waals surface area contributed by atoms with Crippen LogP contribution in [0.15, 0.2) is 29.3 Å². The van der Waals surface area contributed by atoms with Gasteiger partial charge in [-0.3, -0.25) is 10.1 Å². The fourth-order valence-corrected chi connectivity index (χ4v) is 3.88. The van der Waals surface area contributed by atoms with E-state index in [0.29, 0.717) is 6.54 Å². The number of para-hydroxylation sites is 1. The number of benzene rings is 1. The third kappa shape index (κ3) is 4.50. The van der Waals surface area contributed by atoms with E-state index in [1.807, 2.05) is 18.2 Å². The van der Waals surface area contributed by atoms with E-state index in [-0.39, 0.29) is 11.2 Å². The molecular formula is C14H17N3O2S2. The Hall–Kier alpha value is -1.47. The van der Waals surface area contributed by atoms with Gasteiger partial charge in [-0.25, -0.2) is 9.79 Å². The van der Waals surface area contributed by atoms with Gasteiger partial charge in [-0.1, -0.05) is 41.7 Å². The third-order valence-electron chi connectivity index (χ3n) is 2.78. The van der Waals surface area contributed by atoms with Gasteiger partial charge in [-0.05, 0) is 25.5 Å². The maximum absolute atomic E-state index is 11.9. The molecule has 0 unspecified atom stereocenters. The molecule has 1 atom stereocenters. The van der Waals surface area contributed by atoms with Crippen LogP contribution in [0.3, 0.4) is 0 Å². The first-order chi connectivity index (χ1) is 10.1. The molecular weight excluding hydrogens is 306 g/mol. The van der Waals surface area contributed by atoms with E-state index in [1.54, 1.807) is 25.6 Å². The van der Waals surface area contributed by atoms with Gasteiger partial charge in [-0.15, -0.1) is 0 Å². The van der Waals surface area contributed by atoms with E-state index < -0.39 is 6.03 Å². The van der Waals surface area contributed by atoms with Crippen molar-refractivity contribution in [1.29, 1.82) is 0 Å². The quantitative estimate of drug-likeness (QED) is 0.897. The van der Waals surface area contributed by atoms with Gasteiger partial charge in [0, 0.05) is 12.3 Å². The van der Waals surface area contributed by atoms with Gasteiger partial charge in [0.1, 0.15) is 4.38 Å². The summed E-state index contributed by atoms with van der Waals surface area (Å²) in [5.41, 5.74) is 2.15. The molecule has 112 valence electrons. The number of carbonyl (C=O) groups is 2. The van der Waals surface area contributed by atoms with Crippen molar-refractivity contribution in [3.8, 4) is 0 Å². The number of nitrogens with zero attached hydrogens (tertiary/aromatic N) is 1. The molecule has 1 aromatic rings. The summed E-state index contributed by atoms with van der Waals surface area (Å²) in [6, 6.07) is 7.51. The molecule has 0 saturated heterocycles. The molecule has 0 bridgehead atoms. The molecule has 1 heterocycles. The number of imide groups is 1. The number of rotatable bonds is 3. The topological polar surface area (TPSA) is 70.6 Å². The van der Waals surface area contributed by atoms with Crippen LogP contribution in [0.4, 0.5) is 10.5 Å². The van der Waals surface area contributed by atoms with Crippen LogP contribution in [0.2, 0.25) is 0 Å². The molecule has 1 aliphatic heterocycles. The lowest BCUT2D eigenvalue weighted by molar-refractivity contribution is -0.119. The summed E-state index contributed by atoms with van der Waals surface area (Å²) >= 11 is 2.99. The summed E-state index contributed by atoms with van der Waals surface area (Å²) < 4.78 is 0.854. The lowest BCUT2D eigenvalue weighted by Gasteiger charge is -2.17. The summed E-state index contributed by atoms with van der Waals surface area (Å²) in [4.78, 5) is 27.8. The van der Waals surface area contributed by atoms with Crippen LogP contribution in [0.1, 0.15) is 19.4 Å². The Morgan fingerprint density at radius 1 is 1.43 bits per heavy atom. The average molecular weight is 323 g/mol. The minimum absolute atomic E-state index is 0.312. The first-order valence-electron chi connectivity index (χ1n) is 6.65. The molecule has 0 fully saturated rings. The van der Waals surface area contributed by atoms with E-state index in [4.69, 9.17) is 0 Å². The molecule has 0 saturated carbocycles. The number of amides is 3. The third-order valence-corrected chi connectivity index (χ3v) is 5.07. The number of hydrogen-bond acceptors (Lipinski definition) is 5. The minimum Gasteiger partial charge on any atom is -0.338 e. The van der Waals surface area contributed by atoms with Crippen LogP contribution in [-0.2, 0) is 10.5 Å². The van der Waals surface area contributed by atoms with E-state index >= 15 is 0 Å². The van der Waals surface area contributed by atoms with Crippen LogP contribution in [0.25, 0.3) is 0 Å². The highest BCUT2D eigenvalue weighted by atomic mass is 32.2. The highest BCUT2D eigenvalue weighted by molar-refractivity contribution is 8.39. The Morgan fingerprint density at radius 2 is 2.19 bits per heavy atom. The largest absolute Gasteiger partial charge is 0.338 e. The Kier molecular flexibility index (Phi) is 5.69. The maximum atomic E-state index is 11.9. The lowest BCUT2D eigenvalue weighted by Crippen LogP contribution is -2.42. The number of carbonyl (C=O) groups excluding carboxylic acids is 2. The van der Waals surface area contributed by atoms with Gasteiger partial charge in [0.15, 0.2) is 0 Å². The average Bonchev–Trinajstić information content (AvgIpc) is 2.47. The molecule has 2 rings (SSSR count). The Morgan fingerprint density at radius 3 is 2.95 bits per heavy atom. The number of hydrogen-bond donors (Lipinski definition) is 2. The van der Waals surface area contributed by atoms with Gasteiger partial charge in [0.25, 0.3) is 0 Å². The summed E-state index contributed by atoms with van der Waals surface area (Å²) in [7, 11) is 0. The van der Waals surface area contributed by atoms with Crippen LogP contribution in [0, 0.1) is 0 Å². The monoisotopic (exact) mass is 323 g/mol. The van der Waals surface area contributed by atoms with Crippen molar-refractivity contribution < 1.29 is 9.59 Å². The number of thioether (sulfide) groups is 2. The predicted octanol–water partition coefficient (Wildman–Crippen LogP) is 2.89. The van der Waals surface area contributed by atoms with Crippen molar-refractivity contribution in [2.24, 2.45) is 4.99 Å². The van der Waals surface area contributed by atoms with Crippen molar-refractivity contribution in [2.45, 2.75) is 24.9 Å². The van der Waals surface area contributed by atoms with Crippen molar-refractivity contribution in [3.05, 3.63) is 29.8 Å². The fourth-order valence-electron chi connectivity index (χ4n) is 1.70. The summed E-state index contributed by atoms with van der Waals surface area (Å²) in [6.45, 7) is 4.05. The van der Waals surface area contributed by atoms with Crippen molar-refractivity contribution in [1.82, 2.24) is 10.6 Å². The van der Waals surface area contributed by atoms with E-state index in [9.17, 15) is 9.59 Å². The van der Waals surface area contributed by atoms with Crippen LogP contribution in [0.5, 0.6) is 0 Å². The number of nitrogens with one attached hydrogen (secondary N) is 2. The smallest absolute Gasteiger partial charge is 0.321 e. The molecule has 1 aromatic carbocycles. The van der Waals surface area contributed by atoms with Gasteiger partial charge in [0.2, 0.25) is 5.91 Å². The first kappa shape index (κ1) is 15.9. The second kappa shape index (κ2) is 7.51. The normalized spacial score (nSPS) is 14.7. The molecule has 7 heteroatoms. The SMILES string of the molecule is CCNC(=O)NC(=O)[C@H](C)SC1=Nc2ccccc2CS1. The zero-order chi connectivity index (χ0) is 15.2. The second-order valence-corrected chi connectivity index (χ2v) is 6.96. The Labute approximate surface area is 132 Å². The van der Waals surface area contributed by atoms with E-state index in [1.165, 1.54) is 17.3 Å². The van der Waals surface area contributed by atoms with Gasteiger partial charge in [-0.2, -0.15) is 0 Å². The molecule has 5 nitrogen and oxygen atoms in total. The number of fused-ring (bicyclic) bond motifs is 1. The summed E-state index contributed by atoms with van der Waals surface area (Å²) in [5.74, 6) is 0.542. The van der Waals surface area contributed by atoms with Crippen molar-refractivity contribution in [3.63, 3.8) is 0 Å². The number of aliphatic imine (C=N–C) groups is 1. The molecule has 0 aromatic heterocycles. The number of urea groups is 1. The minimum atomic E-state index is -0.460. The summed E-state index contributed by atoms with van der Waals surface area (Å²) in [5, 5.41) is 4.48. The first-order valence-corrected chi connectivity index (χ1v) is 8.51. The zero-order valence-corrected chi connectivity index (χ0v) is 13.5. The molecule has 2 N–H and O–H groups in total. The molecule has 0 radical (unpaired) electrons. The maximum Gasteiger partial charge on any atom is 0.321 e. The lowest BCUT2D eigenvalue weighted by atomic mass is 10.2. The zero-order valence-electron chi connectivity index (χ0n) is 11.9. The van der Waals surface area contributed by atoms with Crippen LogP contribution < -0.4 is 10.6 Å². The van der Waals surface area contributed by atoms with Gasteiger partial charge >= 0.3 is 6.03 Å². The summed E-state index contributed by atoms with van der Waals surface area (Å²) in [6.07, 6.45) is 0. The molecule has 1 aliphatic rings. The molecule has 0 aliphatic carbocycles. The van der Waals surface area contributed by atoms with Crippen LogP contribution in [-0.4, -0.2) is 28.1 Å². The highest BCUT2D eigenvalue weighted by Gasteiger charge is 2.21. The Bertz CT molecular complexity index is 575. The predicted molar refractivity (Wildman–Crippen MR) is 89.1 cm³/mol. The van der Waals surface area contributed by atoms with Crippen molar-refractivity contribution >= 4 is 45.5 Å². The highest BCUT2D eigenvalue weighted by Crippen LogP contribution is 2.35. The molecule has 3 amide bonds. The molecule has 21 heavy (non-hydrogen) atoms. The van der Waals surface area contributed by atoms with Crippen molar-refractivity contribution in [2.75, 3.05) is 6.54 Å². The van der Waals surface area contributed by atoms with Crippen LogP contribution >= 0.6 is 23.5 Å². The second-order valence-electron chi connectivity index (χ2n) is 4.40. The fraction of sp³-hybridized carbons (Fsp3) is 0.357. The standard InChI is InChI=1S/C14H17N3O2S2/c1-3-15-13(19)17-12(18)9(2)21-14-16-11-7-5-4-6-10(11)8-20-14/h4-7,9H,3,8H2,1-2H3,(H2,15,17,18,19)/t9-/m0/s1. The molecule has 0 spiro atoms. The van der Waals surface area contributed by atoms with E-state index in [0.717, 1.165) is 15.8 Å². The van der Waals surface area contributed by atoms with Gasteiger partial charge < -0.3 is 5.32 Å². The Balaban J connectivity index is 1.94. The van der Waals surface area contributed by atoms with E-state index in [2.05, 4.69) is 21.7 Å².